The Kier molecular flexibility index (Phi) is 3.81. The van der Waals surface area contributed by atoms with Gasteiger partial charge in [-0.2, -0.15) is 10.1 Å². The lowest BCUT2D eigenvalue weighted by atomic mass is 10.3. The Bertz CT molecular complexity index is 904. The summed E-state index contributed by atoms with van der Waals surface area (Å²) in [7, 11) is 3.50. The van der Waals surface area contributed by atoms with Crippen molar-refractivity contribution in [2.75, 3.05) is 7.11 Å². The fourth-order valence-electron chi connectivity index (χ4n) is 2.24. The van der Waals surface area contributed by atoms with Crippen LogP contribution in [0.4, 0.5) is 0 Å². The number of carbonyl (C=O) groups excluding carboxylic acids is 1. The first kappa shape index (κ1) is 14.5. The Morgan fingerprint density at radius 2 is 2.23 bits per heavy atom. The van der Waals surface area contributed by atoms with Gasteiger partial charge in [-0.3, -0.25) is 9.48 Å². The largest absolute Gasteiger partial charge is 0.495 e. The van der Waals surface area contributed by atoms with Crippen molar-refractivity contribution in [3.8, 4) is 5.75 Å². The first-order valence-electron chi connectivity index (χ1n) is 6.89. The molecular weight excluding hydrogens is 300 g/mol. The van der Waals surface area contributed by atoms with E-state index < -0.39 is 0 Å². The molecule has 0 aliphatic heterocycles. The van der Waals surface area contributed by atoms with Crippen molar-refractivity contribution in [2.24, 2.45) is 12.0 Å². The number of aromatic nitrogens is 3. The molecule has 0 spiro atoms. The predicted molar refractivity (Wildman–Crippen MR) is 85.1 cm³/mol. The van der Waals surface area contributed by atoms with Crippen molar-refractivity contribution in [3.63, 3.8) is 0 Å². The van der Waals surface area contributed by atoms with Gasteiger partial charge in [0.1, 0.15) is 11.3 Å². The Morgan fingerprint density at radius 3 is 2.91 bits per heavy atom. The maximum Gasteiger partial charge on any atom is 0.300 e. The van der Waals surface area contributed by atoms with E-state index >= 15 is 0 Å². The summed E-state index contributed by atoms with van der Waals surface area (Å²) in [5, 5.41) is 4.19. The average molecular weight is 316 g/mol. The third-order valence-corrected chi connectivity index (χ3v) is 4.48. The van der Waals surface area contributed by atoms with E-state index in [1.807, 2.05) is 36.7 Å². The quantitative estimate of drug-likeness (QED) is 0.744. The summed E-state index contributed by atoms with van der Waals surface area (Å²) in [5.74, 6) is 0.425. The number of para-hydroxylation sites is 1. The summed E-state index contributed by atoms with van der Waals surface area (Å²) in [4.78, 5) is 17.1. The number of methoxy groups -OCH3 is 1. The van der Waals surface area contributed by atoms with Gasteiger partial charge in [-0.15, -0.1) is 0 Å². The molecule has 1 aromatic carbocycles. The topological polar surface area (TPSA) is 61.4 Å². The van der Waals surface area contributed by atoms with Crippen LogP contribution in [-0.2, 0) is 13.6 Å². The second kappa shape index (κ2) is 5.76. The third-order valence-electron chi connectivity index (χ3n) is 3.39. The highest BCUT2D eigenvalue weighted by atomic mass is 32.1. The minimum atomic E-state index is -0.340. The molecule has 22 heavy (non-hydrogen) atoms. The Balaban J connectivity index is 2.09. The number of aryl methyl sites for hydroxylation is 2. The molecule has 0 saturated heterocycles. The third kappa shape index (κ3) is 2.43. The molecule has 0 saturated carbocycles. The zero-order valence-corrected chi connectivity index (χ0v) is 13.4. The van der Waals surface area contributed by atoms with Crippen LogP contribution in [0.1, 0.15) is 17.4 Å². The number of hydrogen-bond acceptors (Lipinski definition) is 4. The van der Waals surface area contributed by atoms with Gasteiger partial charge in [0.15, 0.2) is 10.5 Å². The van der Waals surface area contributed by atoms with Gasteiger partial charge >= 0.3 is 0 Å². The van der Waals surface area contributed by atoms with Crippen LogP contribution >= 0.6 is 11.3 Å². The number of hydrogen-bond donors (Lipinski definition) is 0. The highest BCUT2D eigenvalue weighted by Gasteiger charge is 2.11. The molecule has 6 nitrogen and oxygen atoms in total. The van der Waals surface area contributed by atoms with Gasteiger partial charge in [0, 0.05) is 19.8 Å². The van der Waals surface area contributed by atoms with E-state index in [1.54, 1.807) is 24.1 Å². The number of thiazole rings is 1. The number of carbonyl (C=O) groups is 1. The maximum absolute atomic E-state index is 12.2. The van der Waals surface area contributed by atoms with Crippen LogP contribution in [0.25, 0.3) is 10.2 Å². The molecule has 0 atom stereocenters. The average Bonchev–Trinajstić information content (AvgIpc) is 3.13. The molecule has 114 valence electrons. The van der Waals surface area contributed by atoms with Crippen molar-refractivity contribution in [1.82, 2.24) is 14.3 Å². The number of nitrogens with zero attached hydrogens (tertiary/aromatic N) is 4. The highest BCUT2D eigenvalue weighted by Crippen LogP contribution is 2.26. The molecule has 0 N–H and O–H groups in total. The molecule has 0 radical (unpaired) electrons. The molecule has 2 aromatic heterocycles. The molecule has 0 unspecified atom stereocenters. The fraction of sp³-hybridized carbons (Fsp3) is 0.267. The van der Waals surface area contributed by atoms with Crippen LogP contribution in [0.2, 0.25) is 0 Å². The van der Waals surface area contributed by atoms with Crippen molar-refractivity contribution in [1.29, 1.82) is 0 Å². The Hall–Kier alpha value is -2.41. The van der Waals surface area contributed by atoms with Gasteiger partial charge in [0.05, 0.1) is 11.8 Å². The molecule has 0 fully saturated rings. The predicted octanol–water partition coefficient (Wildman–Crippen LogP) is 2.21. The van der Waals surface area contributed by atoms with E-state index in [0.717, 1.165) is 22.5 Å². The van der Waals surface area contributed by atoms with Crippen molar-refractivity contribution in [3.05, 3.63) is 41.0 Å². The van der Waals surface area contributed by atoms with Gasteiger partial charge in [-0.25, -0.2) is 0 Å². The normalized spacial score (nSPS) is 12.0. The molecule has 0 aliphatic carbocycles. The molecule has 0 bridgehead atoms. The van der Waals surface area contributed by atoms with Gasteiger partial charge < -0.3 is 9.30 Å². The summed E-state index contributed by atoms with van der Waals surface area (Å²) in [6.07, 6.45) is 1.77. The lowest BCUT2D eigenvalue weighted by Crippen LogP contribution is -2.14. The Morgan fingerprint density at radius 1 is 1.41 bits per heavy atom. The molecule has 7 heteroatoms. The number of rotatable bonds is 3. The second-order valence-electron chi connectivity index (χ2n) is 4.72. The summed E-state index contributed by atoms with van der Waals surface area (Å²) in [5.41, 5.74) is 1.28. The molecule has 0 aliphatic rings. The van der Waals surface area contributed by atoms with Gasteiger partial charge in [-0.05, 0) is 25.1 Å². The first-order valence-corrected chi connectivity index (χ1v) is 7.70. The van der Waals surface area contributed by atoms with Gasteiger partial charge in [0.2, 0.25) is 0 Å². The highest BCUT2D eigenvalue weighted by molar-refractivity contribution is 7.16. The zero-order chi connectivity index (χ0) is 15.7. The van der Waals surface area contributed by atoms with Gasteiger partial charge in [-0.1, -0.05) is 17.4 Å². The number of ether oxygens (including phenoxy) is 1. The molecule has 3 rings (SSSR count). The van der Waals surface area contributed by atoms with Crippen LogP contribution in [0.5, 0.6) is 5.75 Å². The summed E-state index contributed by atoms with van der Waals surface area (Å²) in [6, 6.07) is 7.48. The first-order chi connectivity index (χ1) is 10.6. The van der Waals surface area contributed by atoms with Gasteiger partial charge in [0.25, 0.3) is 5.91 Å². The van der Waals surface area contributed by atoms with Crippen LogP contribution < -0.4 is 9.54 Å². The molecule has 1 amide bonds. The van der Waals surface area contributed by atoms with Crippen LogP contribution in [0.3, 0.4) is 0 Å². The summed E-state index contributed by atoms with van der Waals surface area (Å²) < 4.78 is 9.97. The standard InChI is InChI=1S/C15H16N4O2S/c1-4-19-9-8-10(17-19)14(20)16-15-18(2)13-11(21-3)6-5-7-12(13)22-15/h5-9H,4H2,1-3H3. The number of fused-ring (bicyclic) bond motifs is 1. The number of amides is 1. The zero-order valence-electron chi connectivity index (χ0n) is 12.6. The van der Waals surface area contributed by atoms with Crippen LogP contribution in [0.15, 0.2) is 35.5 Å². The lowest BCUT2D eigenvalue weighted by molar-refractivity contribution is 0.0992. The smallest absolute Gasteiger partial charge is 0.300 e. The number of benzene rings is 1. The fourth-order valence-corrected chi connectivity index (χ4v) is 3.27. The van der Waals surface area contributed by atoms with E-state index in [2.05, 4.69) is 10.1 Å². The Labute approximate surface area is 131 Å². The van der Waals surface area contributed by atoms with Crippen molar-refractivity contribution in [2.45, 2.75) is 13.5 Å². The molecular formula is C15H16N4O2S. The van der Waals surface area contributed by atoms with E-state index in [9.17, 15) is 4.79 Å². The van der Waals surface area contributed by atoms with E-state index in [-0.39, 0.29) is 5.91 Å². The monoisotopic (exact) mass is 316 g/mol. The second-order valence-corrected chi connectivity index (χ2v) is 5.73. The van der Waals surface area contributed by atoms with Crippen LogP contribution in [-0.4, -0.2) is 27.4 Å². The van der Waals surface area contributed by atoms with Crippen molar-refractivity contribution < 1.29 is 9.53 Å². The van der Waals surface area contributed by atoms with E-state index in [4.69, 9.17) is 4.74 Å². The summed E-state index contributed by atoms with van der Waals surface area (Å²) in [6.45, 7) is 2.69. The van der Waals surface area contributed by atoms with Crippen molar-refractivity contribution >= 4 is 27.5 Å². The summed E-state index contributed by atoms with van der Waals surface area (Å²) >= 11 is 1.45. The maximum atomic E-state index is 12.2. The minimum absolute atomic E-state index is 0.340. The minimum Gasteiger partial charge on any atom is -0.495 e. The molecule has 2 heterocycles. The van der Waals surface area contributed by atoms with E-state index in [0.29, 0.717) is 10.5 Å². The van der Waals surface area contributed by atoms with E-state index in [1.165, 1.54) is 11.3 Å². The molecule has 3 aromatic rings. The lowest BCUT2D eigenvalue weighted by Gasteiger charge is -2.02. The van der Waals surface area contributed by atoms with Crippen LogP contribution in [0, 0.1) is 0 Å². The SMILES string of the molecule is CCn1ccc(C(=O)N=c2sc3cccc(OC)c3n2C)n1.